The van der Waals surface area contributed by atoms with Gasteiger partial charge in [0.2, 0.25) is 12.7 Å². The van der Waals surface area contributed by atoms with Gasteiger partial charge in [-0.1, -0.05) is 0 Å². The maximum atomic E-state index is 12.5. The first-order valence-electron chi connectivity index (χ1n) is 6.28. The highest BCUT2D eigenvalue weighted by molar-refractivity contribution is 6.01. The van der Waals surface area contributed by atoms with Crippen LogP contribution in [0.3, 0.4) is 0 Å². The number of amides is 2. The molecule has 106 valence electrons. The number of carbonyl (C=O) groups excluding carboxylic acids is 2. The molecule has 0 aliphatic carbocycles. The second-order valence-electron chi connectivity index (χ2n) is 4.83. The summed E-state index contributed by atoms with van der Waals surface area (Å²) in [7, 11) is 1.72. The van der Waals surface area contributed by atoms with E-state index in [1.807, 2.05) is 0 Å². The van der Waals surface area contributed by atoms with Crippen molar-refractivity contribution in [2.24, 2.45) is 0 Å². The molecular weight excluding hydrogens is 262 g/mol. The van der Waals surface area contributed by atoms with Crippen molar-refractivity contribution >= 4 is 17.5 Å². The van der Waals surface area contributed by atoms with Gasteiger partial charge in [-0.05, 0) is 6.07 Å². The fourth-order valence-corrected chi connectivity index (χ4v) is 2.25. The highest BCUT2D eigenvalue weighted by Gasteiger charge is 2.28. The molecule has 0 aromatic heterocycles. The van der Waals surface area contributed by atoms with E-state index in [0.29, 0.717) is 35.8 Å². The molecule has 1 fully saturated rings. The SMILES string of the molecule is CN1CCN(C(=O)c2cc3c(cc2N)OCO3)CC1=O. The summed E-state index contributed by atoms with van der Waals surface area (Å²) in [5, 5.41) is 0. The number of fused-ring (bicyclic) bond motifs is 1. The topological polar surface area (TPSA) is 85.1 Å². The molecule has 0 bridgehead atoms. The van der Waals surface area contributed by atoms with E-state index in [1.54, 1.807) is 24.1 Å². The Morgan fingerprint density at radius 2 is 1.95 bits per heavy atom. The predicted octanol–water partition coefficient (Wildman–Crippen LogP) is -0.0883. The number of carbonyl (C=O) groups is 2. The van der Waals surface area contributed by atoms with Crippen molar-refractivity contribution in [1.29, 1.82) is 0 Å². The van der Waals surface area contributed by atoms with Crippen molar-refractivity contribution in [2.75, 3.05) is 39.2 Å². The predicted molar refractivity (Wildman–Crippen MR) is 70.5 cm³/mol. The standard InChI is InChI=1S/C13H15N3O4/c1-15-2-3-16(6-12(15)17)13(18)8-4-10-11(5-9(8)14)20-7-19-10/h4-5H,2-3,6-7,14H2,1H3. The Balaban J connectivity index is 1.86. The van der Waals surface area contributed by atoms with Crippen LogP contribution in [0.1, 0.15) is 10.4 Å². The summed E-state index contributed by atoms with van der Waals surface area (Å²) in [6.07, 6.45) is 0. The van der Waals surface area contributed by atoms with Gasteiger partial charge in [-0.15, -0.1) is 0 Å². The molecule has 0 atom stereocenters. The lowest BCUT2D eigenvalue weighted by atomic mass is 10.1. The lowest BCUT2D eigenvalue weighted by Crippen LogP contribution is -2.50. The molecule has 2 aliphatic heterocycles. The van der Waals surface area contributed by atoms with Crippen LogP contribution in [0.5, 0.6) is 11.5 Å². The van der Waals surface area contributed by atoms with Gasteiger partial charge >= 0.3 is 0 Å². The maximum Gasteiger partial charge on any atom is 0.256 e. The van der Waals surface area contributed by atoms with Crippen LogP contribution in [0.15, 0.2) is 12.1 Å². The van der Waals surface area contributed by atoms with Gasteiger partial charge in [0.25, 0.3) is 5.91 Å². The minimum absolute atomic E-state index is 0.0726. The second kappa shape index (κ2) is 4.59. The van der Waals surface area contributed by atoms with E-state index in [-0.39, 0.29) is 25.2 Å². The Bertz CT molecular complexity index is 587. The zero-order chi connectivity index (χ0) is 14.3. The first-order valence-corrected chi connectivity index (χ1v) is 6.28. The Morgan fingerprint density at radius 1 is 1.25 bits per heavy atom. The summed E-state index contributed by atoms with van der Waals surface area (Å²) in [4.78, 5) is 27.2. The molecule has 2 amide bonds. The van der Waals surface area contributed by atoms with E-state index in [1.165, 1.54) is 4.90 Å². The number of ether oxygens (including phenoxy) is 2. The third-order valence-corrected chi connectivity index (χ3v) is 3.52. The summed E-state index contributed by atoms with van der Waals surface area (Å²) >= 11 is 0. The Morgan fingerprint density at radius 3 is 2.65 bits per heavy atom. The molecule has 1 saturated heterocycles. The van der Waals surface area contributed by atoms with E-state index in [0.717, 1.165) is 0 Å². The molecule has 20 heavy (non-hydrogen) atoms. The molecule has 2 aliphatic rings. The normalized spacial score (nSPS) is 17.6. The van der Waals surface area contributed by atoms with E-state index in [9.17, 15) is 9.59 Å². The van der Waals surface area contributed by atoms with E-state index in [4.69, 9.17) is 15.2 Å². The van der Waals surface area contributed by atoms with Crippen molar-refractivity contribution < 1.29 is 19.1 Å². The third kappa shape index (κ3) is 2.01. The Labute approximate surface area is 115 Å². The van der Waals surface area contributed by atoms with Gasteiger partial charge in [0.05, 0.1) is 5.56 Å². The molecule has 1 aromatic carbocycles. The minimum atomic E-state index is -0.262. The highest BCUT2D eigenvalue weighted by atomic mass is 16.7. The molecule has 0 unspecified atom stereocenters. The summed E-state index contributed by atoms with van der Waals surface area (Å²) in [6.45, 7) is 1.21. The average molecular weight is 277 g/mol. The zero-order valence-corrected chi connectivity index (χ0v) is 11.1. The third-order valence-electron chi connectivity index (χ3n) is 3.52. The van der Waals surface area contributed by atoms with Gasteiger partial charge in [0.1, 0.15) is 6.54 Å². The van der Waals surface area contributed by atoms with Crippen molar-refractivity contribution in [2.45, 2.75) is 0 Å². The lowest BCUT2D eigenvalue weighted by Gasteiger charge is -2.32. The van der Waals surface area contributed by atoms with E-state index < -0.39 is 0 Å². The Hall–Kier alpha value is -2.44. The fraction of sp³-hybridized carbons (Fsp3) is 0.385. The molecule has 0 radical (unpaired) electrons. The van der Waals surface area contributed by atoms with Crippen LogP contribution in [0, 0.1) is 0 Å². The van der Waals surface area contributed by atoms with Gasteiger partial charge in [0.15, 0.2) is 11.5 Å². The molecular formula is C13H15N3O4. The minimum Gasteiger partial charge on any atom is -0.454 e. The summed E-state index contributed by atoms with van der Waals surface area (Å²) in [5.74, 6) is 0.697. The molecule has 2 N–H and O–H groups in total. The van der Waals surface area contributed by atoms with Crippen LogP contribution in [0.4, 0.5) is 5.69 Å². The number of anilines is 1. The molecule has 7 heteroatoms. The van der Waals surface area contributed by atoms with Gasteiger partial charge in [-0.3, -0.25) is 9.59 Å². The number of hydrogen-bond acceptors (Lipinski definition) is 5. The fourth-order valence-electron chi connectivity index (χ4n) is 2.25. The molecule has 3 rings (SSSR count). The summed E-state index contributed by atoms with van der Waals surface area (Å²) < 4.78 is 10.4. The average Bonchev–Trinajstić information content (AvgIpc) is 2.87. The van der Waals surface area contributed by atoms with Gasteiger partial charge in [0, 0.05) is 31.9 Å². The summed E-state index contributed by atoms with van der Waals surface area (Å²) in [6, 6.07) is 3.15. The van der Waals surface area contributed by atoms with Gasteiger partial charge in [-0.25, -0.2) is 0 Å². The number of nitrogens with two attached hydrogens (primary N) is 1. The number of nitrogens with zero attached hydrogens (tertiary/aromatic N) is 2. The number of piperazine rings is 1. The summed E-state index contributed by atoms with van der Waals surface area (Å²) in [5.41, 5.74) is 6.55. The van der Waals surface area contributed by atoms with Crippen molar-refractivity contribution in [3.63, 3.8) is 0 Å². The largest absolute Gasteiger partial charge is 0.454 e. The molecule has 0 saturated carbocycles. The van der Waals surface area contributed by atoms with Crippen LogP contribution in [0.25, 0.3) is 0 Å². The number of benzene rings is 1. The zero-order valence-electron chi connectivity index (χ0n) is 11.1. The highest BCUT2D eigenvalue weighted by Crippen LogP contribution is 2.36. The van der Waals surface area contributed by atoms with Crippen molar-refractivity contribution in [1.82, 2.24) is 9.80 Å². The second-order valence-corrected chi connectivity index (χ2v) is 4.83. The van der Waals surface area contributed by atoms with Crippen LogP contribution >= 0.6 is 0 Å². The quantitative estimate of drug-likeness (QED) is 0.725. The number of likely N-dealkylation sites (N-methyl/N-ethyl adjacent to an activating group) is 1. The monoisotopic (exact) mass is 277 g/mol. The molecule has 7 nitrogen and oxygen atoms in total. The van der Waals surface area contributed by atoms with Crippen LogP contribution in [-0.4, -0.2) is 55.1 Å². The van der Waals surface area contributed by atoms with Gasteiger partial charge in [-0.2, -0.15) is 0 Å². The van der Waals surface area contributed by atoms with Crippen molar-refractivity contribution in [3.05, 3.63) is 17.7 Å². The number of nitrogen functional groups attached to an aromatic ring is 1. The van der Waals surface area contributed by atoms with Crippen LogP contribution < -0.4 is 15.2 Å². The first-order chi connectivity index (χ1) is 9.56. The molecule has 0 spiro atoms. The Kier molecular flexibility index (Phi) is 2.89. The van der Waals surface area contributed by atoms with Gasteiger partial charge < -0.3 is 25.0 Å². The van der Waals surface area contributed by atoms with Crippen LogP contribution in [0.2, 0.25) is 0 Å². The van der Waals surface area contributed by atoms with E-state index in [2.05, 4.69) is 0 Å². The maximum absolute atomic E-state index is 12.5. The molecule has 2 heterocycles. The lowest BCUT2D eigenvalue weighted by molar-refractivity contribution is -0.133. The first kappa shape index (κ1) is 12.6. The number of rotatable bonds is 1. The number of hydrogen-bond donors (Lipinski definition) is 1. The smallest absolute Gasteiger partial charge is 0.256 e. The van der Waals surface area contributed by atoms with Crippen molar-refractivity contribution in [3.8, 4) is 11.5 Å². The van der Waals surface area contributed by atoms with Crippen LogP contribution in [-0.2, 0) is 4.79 Å². The van der Waals surface area contributed by atoms with E-state index >= 15 is 0 Å². The molecule has 1 aromatic rings.